The lowest BCUT2D eigenvalue weighted by molar-refractivity contribution is -0.142. The third-order valence-corrected chi connectivity index (χ3v) is 3.57. The molecule has 144 valence electrons. The molecule has 0 saturated heterocycles. The maximum Gasteiger partial charge on any atom is 0.331 e. The van der Waals surface area contributed by atoms with Gasteiger partial charge in [-0.15, -0.1) is 0 Å². The molecular weight excluding hydrogens is 360 g/mol. The summed E-state index contributed by atoms with van der Waals surface area (Å²) in [6.07, 6.45) is 2.77. The number of carbonyl (C=O) groups is 2. The molecule has 0 spiro atoms. The predicted molar refractivity (Wildman–Crippen MR) is 104 cm³/mol. The van der Waals surface area contributed by atoms with Crippen molar-refractivity contribution in [2.45, 2.75) is 6.92 Å². The molecule has 1 N–H and O–H groups in total. The monoisotopic (exact) mass is 380 g/mol. The number of anilines is 1. The van der Waals surface area contributed by atoms with E-state index in [0.717, 1.165) is 0 Å². The number of rotatable bonds is 8. The summed E-state index contributed by atoms with van der Waals surface area (Å²) < 4.78 is 15.6. The first kappa shape index (κ1) is 20.5. The molecule has 0 aromatic heterocycles. The number of para-hydroxylation sites is 1. The minimum absolute atomic E-state index is 0.326. The number of nitrogens with zero attached hydrogens (tertiary/aromatic N) is 1. The number of nitriles is 1. The highest BCUT2D eigenvalue weighted by Gasteiger charge is 2.09. The molecule has 1 amide bonds. The summed E-state index contributed by atoms with van der Waals surface area (Å²) in [5, 5.41) is 11.5. The van der Waals surface area contributed by atoms with Crippen molar-refractivity contribution in [3.63, 3.8) is 0 Å². The molecule has 0 atom stereocenters. The van der Waals surface area contributed by atoms with E-state index in [-0.39, 0.29) is 0 Å². The van der Waals surface area contributed by atoms with E-state index < -0.39 is 18.5 Å². The van der Waals surface area contributed by atoms with Crippen LogP contribution < -0.4 is 14.8 Å². The van der Waals surface area contributed by atoms with Gasteiger partial charge in [0.25, 0.3) is 5.91 Å². The zero-order chi connectivity index (χ0) is 20.4. The van der Waals surface area contributed by atoms with Crippen LogP contribution in [0.1, 0.15) is 18.1 Å². The SMILES string of the molecule is CCOc1cc(/C=C/C(=O)OCC(=O)Nc2ccccc2C#N)ccc1OC. The zero-order valence-corrected chi connectivity index (χ0v) is 15.6. The first-order valence-electron chi connectivity index (χ1n) is 8.52. The molecule has 0 aliphatic heterocycles. The molecule has 0 bridgehead atoms. The number of amides is 1. The van der Waals surface area contributed by atoms with Crippen LogP contribution in [0.15, 0.2) is 48.5 Å². The van der Waals surface area contributed by atoms with Gasteiger partial charge in [-0.3, -0.25) is 4.79 Å². The number of esters is 1. The molecule has 2 aromatic rings. The summed E-state index contributed by atoms with van der Waals surface area (Å²) in [5.41, 5.74) is 1.41. The summed E-state index contributed by atoms with van der Waals surface area (Å²) in [7, 11) is 1.55. The lowest BCUT2D eigenvalue weighted by Crippen LogP contribution is -2.20. The minimum Gasteiger partial charge on any atom is -0.493 e. The third-order valence-electron chi connectivity index (χ3n) is 3.57. The second kappa shape index (κ2) is 10.4. The van der Waals surface area contributed by atoms with Crippen molar-refractivity contribution in [1.82, 2.24) is 0 Å². The van der Waals surface area contributed by atoms with Gasteiger partial charge in [-0.1, -0.05) is 18.2 Å². The fourth-order valence-corrected chi connectivity index (χ4v) is 2.29. The van der Waals surface area contributed by atoms with Crippen molar-refractivity contribution in [2.75, 3.05) is 25.6 Å². The Hall–Kier alpha value is -3.79. The number of hydrogen-bond donors (Lipinski definition) is 1. The molecule has 7 heteroatoms. The van der Waals surface area contributed by atoms with Crippen LogP contribution in [0.4, 0.5) is 5.69 Å². The molecule has 7 nitrogen and oxygen atoms in total. The van der Waals surface area contributed by atoms with E-state index >= 15 is 0 Å². The largest absolute Gasteiger partial charge is 0.493 e. The molecule has 0 fully saturated rings. The second-order valence-electron chi connectivity index (χ2n) is 5.49. The van der Waals surface area contributed by atoms with E-state index in [4.69, 9.17) is 19.5 Å². The average molecular weight is 380 g/mol. The Balaban J connectivity index is 1.90. The Labute approximate surface area is 163 Å². The fourth-order valence-electron chi connectivity index (χ4n) is 2.29. The maximum atomic E-state index is 11.9. The maximum absolute atomic E-state index is 11.9. The Kier molecular flexibility index (Phi) is 7.61. The van der Waals surface area contributed by atoms with E-state index in [0.29, 0.717) is 34.9 Å². The lowest BCUT2D eigenvalue weighted by Gasteiger charge is -2.09. The topological polar surface area (TPSA) is 97.6 Å². The van der Waals surface area contributed by atoms with E-state index in [9.17, 15) is 9.59 Å². The van der Waals surface area contributed by atoms with Crippen molar-refractivity contribution in [3.8, 4) is 17.6 Å². The van der Waals surface area contributed by atoms with Gasteiger partial charge in [-0.2, -0.15) is 5.26 Å². The molecule has 0 aliphatic rings. The first-order valence-corrected chi connectivity index (χ1v) is 8.52. The average Bonchev–Trinajstić information content (AvgIpc) is 2.71. The number of nitrogens with one attached hydrogen (secondary N) is 1. The lowest BCUT2D eigenvalue weighted by atomic mass is 10.2. The van der Waals surface area contributed by atoms with Crippen LogP contribution in [0.2, 0.25) is 0 Å². The summed E-state index contributed by atoms with van der Waals surface area (Å²) in [6, 6.07) is 13.8. The molecule has 0 radical (unpaired) electrons. The second-order valence-corrected chi connectivity index (χ2v) is 5.49. The third kappa shape index (κ3) is 5.88. The minimum atomic E-state index is -0.669. The van der Waals surface area contributed by atoms with Crippen LogP contribution in [-0.2, 0) is 14.3 Å². The smallest absolute Gasteiger partial charge is 0.331 e. The van der Waals surface area contributed by atoms with E-state index in [1.165, 1.54) is 6.08 Å². The molecule has 2 rings (SSSR count). The van der Waals surface area contributed by atoms with Gasteiger partial charge in [0.2, 0.25) is 0 Å². The van der Waals surface area contributed by atoms with Crippen LogP contribution in [0.25, 0.3) is 6.08 Å². The van der Waals surface area contributed by atoms with Crippen molar-refractivity contribution in [3.05, 3.63) is 59.7 Å². The van der Waals surface area contributed by atoms with Gasteiger partial charge >= 0.3 is 5.97 Å². The van der Waals surface area contributed by atoms with Crippen molar-refractivity contribution < 1.29 is 23.8 Å². The standard InChI is InChI=1S/C21H20N2O5/c1-3-27-19-12-15(8-10-18(19)26-2)9-11-21(25)28-14-20(24)23-17-7-5-4-6-16(17)13-22/h4-12H,3,14H2,1-2H3,(H,23,24)/b11-9+. The Morgan fingerprint density at radius 3 is 2.68 bits per heavy atom. The molecule has 2 aromatic carbocycles. The Morgan fingerprint density at radius 1 is 1.18 bits per heavy atom. The highest BCUT2D eigenvalue weighted by molar-refractivity contribution is 5.95. The van der Waals surface area contributed by atoms with Crippen LogP contribution in [0.5, 0.6) is 11.5 Å². The van der Waals surface area contributed by atoms with Gasteiger partial charge in [0.1, 0.15) is 6.07 Å². The van der Waals surface area contributed by atoms with Crippen molar-refractivity contribution in [1.29, 1.82) is 5.26 Å². The first-order chi connectivity index (χ1) is 13.6. The predicted octanol–water partition coefficient (Wildman–Crippen LogP) is 3.16. The van der Waals surface area contributed by atoms with E-state index in [1.54, 1.807) is 55.7 Å². The van der Waals surface area contributed by atoms with E-state index in [1.807, 2.05) is 13.0 Å². The number of hydrogen-bond acceptors (Lipinski definition) is 6. The normalized spacial score (nSPS) is 10.2. The molecule has 0 saturated carbocycles. The van der Waals surface area contributed by atoms with Gasteiger partial charge in [0.15, 0.2) is 18.1 Å². The molecular formula is C21H20N2O5. The molecule has 0 aliphatic carbocycles. The molecule has 0 unspecified atom stereocenters. The van der Waals surface area contributed by atoms with Gasteiger partial charge in [0, 0.05) is 6.08 Å². The summed E-state index contributed by atoms with van der Waals surface area (Å²) in [4.78, 5) is 23.7. The van der Waals surface area contributed by atoms with Gasteiger partial charge in [-0.25, -0.2) is 4.79 Å². The number of methoxy groups -OCH3 is 1. The number of benzene rings is 2. The number of ether oxygens (including phenoxy) is 3. The molecule has 0 heterocycles. The van der Waals surface area contributed by atoms with E-state index in [2.05, 4.69) is 5.32 Å². The van der Waals surface area contributed by atoms with Crippen LogP contribution >= 0.6 is 0 Å². The van der Waals surface area contributed by atoms with Crippen LogP contribution in [0, 0.1) is 11.3 Å². The van der Waals surface area contributed by atoms with Gasteiger partial charge in [-0.05, 0) is 42.8 Å². The molecule has 28 heavy (non-hydrogen) atoms. The van der Waals surface area contributed by atoms with Crippen molar-refractivity contribution in [2.24, 2.45) is 0 Å². The summed E-state index contributed by atoms with van der Waals surface area (Å²) in [6.45, 7) is 1.88. The highest BCUT2D eigenvalue weighted by Crippen LogP contribution is 2.28. The quantitative estimate of drug-likeness (QED) is 0.558. The zero-order valence-electron chi connectivity index (χ0n) is 15.6. The van der Waals surface area contributed by atoms with Crippen LogP contribution in [0.3, 0.4) is 0 Å². The van der Waals surface area contributed by atoms with Crippen molar-refractivity contribution >= 4 is 23.6 Å². The Bertz CT molecular complexity index is 915. The summed E-state index contributed by atoms with van der Waals surface area (Å²) >= 11 is 0. The van der Waals surface area contributed by atoms with Gasteiger partial charge < -0.3 is 19.5 Å². The fraction of sp³-hybridized carbons (Fsp3) is 0.190. The highest BCUT2D eigenvalue weighted by atomic mass is 16.5. The van der Waals surface area contributed by atoms with Gasteiger partial charge in [0.05, 0.1) is 25.0 Å². The Morgan fingerprint density at radius 2 is 1.96 bits per heavy atom. The summed E-state index contributed by atoms with van der Waals surface area (Å²) in [5.74, 6) is -0.0445. The van der Waals surface area contributed by atoms with Crippen LogP contribution in [-0.4, -0.2) is 32.2 Å². The number of carbonyl (C=O) groups excluding carboxylic acids is 2.